The highest BCUT2D eigenvalue weighted by atomic mass is 79.9. The number of hydrogen-bond acceptors (Lipinski definition) is 2. The lowest BCUT2D eigenvalue weighted by atomic mass is 9.87. The maximum atomic E-state index is 12.5. The first-order valence-electron chi connectivity index (χ1n) is 10.2. The standard InChI is InChI=1S/C23H26BrN3O/c24-19-12-10-18(11-13-19)23(28)25-16-22-26-20-8-4-5-9-21(20)27(22)15-14-17-6-2-1-3-7-17/h4-5,8-13,17H,1-3,6-7,14-16H2,(H,25,28). The van der Waals surface area contributed by atoms with Crippen LogP contribution in [0.5, 0.6) is 0 Å². The number of nitrogens with one attached hydrogen (secondary N) is 1. The van der Waals surface area contributed by atoms with Crippen LogP contribution in [-0.4, -0.2) is 15.5 Å². The molecule has 1 N–H and O–H groups in total. The molecule has 1 heterocycles. The summed E-state index contributed by atoms with van der Waals surface area (Å²) in [6, 6.07) is 15.7. The molecule has 1 aliphatic rings. The number of hydrogen-bond donors (Lipinski definition) is 1. The van der Waals surface area contributed by atoms with Crippen LogP contribution in [0.2, 0.25) is 0 Å². The van der Waals surface area contributed by atoms with Crippen molar-refractivity contribution >= 4 is 32.9 Å². The quantitative estimate of drug-likeness (QED) is 0.535. The molecule has 146 valence electrons. The normalized spacial score (nSPS) is 15.0. The van der Waals surface area contributed by atoms with Crippen molar-refractivity contribution in [1.29, 1.82) is 0 Å². The molecule has 1 fully saturated rings. The molecule has 0 unspecified atom stereocenters. The number of para-hydroxylation sites is 2. The zero-order valence-electron chi connectivity index (χ0n) is 16.0. The van der Waals surface area contributed by atoms with E-state index in [9.17, 15) is 4.79 Å². The number of carbonyl (C=O) groups is 1. The number of imidazole rings is 1. The van der Waals surface area contributed by atoms with Crippen LogP contribution >= 0.6 is 15.9 Å². The smallest absolute Gasteiger partial charge is 0.251 e. The summed E-state index contributed by atoms with van der Waals surface area (Å²) in [4.78, 5) is 17.3. The van der Waals surface area contributed by atoms with E-state index in [0.717, 1.165) is 33.8 Å². The maximum Gasteiger partial charge on any atom is 0.251 e. The third-order valence-electron chi connectivity index (χ3n) is 5.73. The van der Waals surface area contributed by atoms with Crippen molar-refractivity contribution < 1.29 is 4.79 Å². The summed E-state index contributed by atoms with van der Waals surface area (Å²) >= 11 is 3.40. The van der Waals surface area contributed by atoms with E-state index >= 15 is 0 Å². The fourth-order valence-electron chi connectivity index (χ4n) is 4.16. The first-order chi connectivity index (χ1) is 13.7. The Balaban J connectivity index is 1.49. The van der Waals surface area contributed by atoms with Crippen LogP contribution in [0.25, 0.3) is 11.0 Å². The summed E-state index contributed by atoms with van der Waals surface area (Å²) in [5.74, 6) is 1.68. The molecule has 0 aliphatic heterocycles. The molecule has 0 radical (unpaired) electrons. The minimum atomic E-state index is -0.0709. The van der Waals surface area contributed by atoms with Crippen LogP contribution in [0.1, 0.15) is 54.7 Å². The number of carbonyl (C=O) groups excluding carboxylic acids is 1. The van der Waals surface area contributed by atoms with Crippen molar-refractivity contribution in [2.45, 2.75) is 51.6 Å². The Kier molecular flexibility index (Phi) is 6.10. The molecule has 1 aliphatic carbocycles. The number of halogens is 1. The molecule has 4 rings (SSSR count). The molecule has 5 heteroatoms. The summed E-state index contributed by atoms with van der Waals surface area (Å²) in [6.07, 6.45) is 8.01. The number of amides is 1. The van der Waals surface area contributed by atoms with E-state index in [-0.39, 0.29) is 5.91 Å². The second-order valence-electron chi connectivity index (χ2n) is 7.65. The minimum absolute atomic E-state index is 0.0709. The van der Waals surface area contributed by atoms with Crippen LogP contribution in [0.3, 0.4) is 0 Å². The summed E-state index contributed by atoms with van der Waals surface area (Å²) in [5, 5.41) is 3.04. The van der Waals surface area contributed by atoms with E-state index in [0.29, 0.717) is 12.1 Å². The lowest BCUT2D eigenvalue weighted by Crippen LogP contribution is -2.25. The largest absolute Gasteiger partial charge is 0.345 e. The van der Waals surface area contributed by atoms with E-state index in [2.05, 4.69) is 37.9 Å². The van der Waals surface area contributed by atoms with Gasteiger partial charge in [0.25, 0.3) is 5.91 Å². The predicted octanol–water partition coefficient (Wildman–Crippen LogP) is 5.70. The number of aryl methyl sites for hydroxylation is 1. The predicted molar refractivity (Wildman–Crippen MR) is 116 cm³/mol. The van der Waals surface area contributed by atoms with Crippen LogP contribution < -0.4 is 5.32 Å². The molecular formula is C23H26BrN3O. The number of nitrogens with zero attached hydrogens (tertiary/aromatic N) is 2. The fourth-order valence-corrected chi connectivity index (χ4v) is 4.42. The average molecular weight is 440 g/mol. The Bertz CT molecular complexity index is 942. The highest BCUT2D eigenvalue weighted by molar-refractivity contribution is 9.10. The topological polar surface area (TPSA) is 46.9 Å². The molecule has 0 atom stereocenters. The van der Waals surface area contributed by atoms with Gasteiger partial charge in [-0.25, -0.2) is 4.98 Å². The molecule has 0 bridgehead atoms. The molecular weight excluding hydrogens is 414 g/mol. The summed E-state index contributed by atoms with van der Waals surface area (Å²) in [5.41, 5.74) is 2.82. The average Bonchev–Trinajstić information content (AvgIpc) is 3.09. The fraction of sp³-hybridized carbons (Fsp3) is 0.391. The van der Waals surface area contributed by atoms with Gasteiger partial charge < -0.3 is 9.88 Å². The van der Waals surface area contributed by atoms with Gasteiger partial charge in [0.05, 0.1) is 17.6 Å². The molecule has 1 amide bonds. The molecule has 1 saturated carbocycles. The van der Waals surface area contributed by atoms with Crippen molar-refractivity contribution in [3.05, 3.63) is 64.4 Å². The second kappa shape index (κ2) is 8.91. The molecule has 3 aromatic rings. The maximum absolute atomic E-state index is 12.5. The molecule has 1 aromatic heterocycles. The summed E-state index contributed by atoms with van der Waals surface area (Å²) in [6.45, 7) is 1.41. The van der Waals surface area contributed by atoms with Crippen LogP contribution in [0, 0.1) is 5.92 Å². The number of rotatable bonds is 6. The first-order valence-corrected chi connectivity index (χ1v) is 11.0. The lowest BCUT2D eigenvalue weighted by Gasteiger charge is -2.22. The molecule has 4 nitrogen and oxygen atoms in total. The number of benzene rings is 2. The third kappa shape index (κ3) is 4.46. The zero-order valence-corrected chi connectivity index (χ0v) is 17.6. The SMILES string of the molecule is O=C(NCc1nc2ccccc2n1CCC1CCCCC1)c1ccc(Br)cc1. The second-order valence-corrected chi connectivity index (χ2v) is 8.57. The molecule has 0 spiro atoms. The van der Waals surface area contributed by atoms with Crippen molar-refractivity contribution in [1.82, 2.24) is 14.9 Å². The zero-order chi connectivity index (χ0) is 19.3. The van der Waals surface area contributed by atoms with Gasteiger partial charge >= 0.3 is 0 Å². The van der Waals surface area contributed by atoms with Crippen molar-refractivity contribution in [3.8, 4) is 0 Å². The Hall–Kier alpha value is -2.14. The van der Waals surface area contributed by atoms with Gasteiger partial charge in [-0.3, -0.25) is 4.79 Å². The monoisotopic (exact) mass is 439 g/mol. The van der Waals surface area contributed by atoms with Crippen LogP contribution in [0.15, 0.2) is 53.0 Å². The summed E-state index contributed by atoms with van der Waals surface area (Å²) in [7, 11) is 0. The van der Waals surface area contributed by atoms with E-state index in [4.69, 9.17) is 4.98 Å². The molecule has 0 saturated heterocycles. The Morgan fingerprint density at radius 2 is 1.82 bits per heavy atom. The van der Waals surface area contributed by atoms with Gasteiger partial charge in [0.1, 0.15) is 5.82 Å². The number of fused-ring (bicyclic) bond motifs is 1. The Morgan fingerprint density at radius 1 is 1.07 bits per heavy atom. The van der Waals surface area contributed by atoms with Crippen molar-refractivity contribution in [3.63, 3.8) is 0 Å². The first kappa shape index (κ1) is 19.2. The minimum Gasteiger partial charge on any atom is -0.345 e. The Morgan fingerprint density at radius 3 is 2.61 bits per heavy atom. The lowest BCUT2D eigenvalue weighted by molar-refractivity contribution is 0.0949. The van der Waals surface area contributed by atoms with Gasteiger partial charge in [-0.15, -0.1) is 0 Å². The van der Waals surface area contributed by atoms with Gasteiger partial charge in [0.2, 0.25) is 0 Å². The number of aromatic nitrogens is 2. The molecule has 28 heavy (non-hydrogen) atoms. The van der Waals surface area contributed by atoms with Crippen LogP contribution in [0.4, 0.5) is 0 Å². The highest BCUT2D eigenvalue weighted by Gasteiger charge is 2.16. The third-order valence-corrected chi connectivity index (χ3v) is 6.26. The highest BCUT2D eigenvalue weighted by Crippen LogP contribution is 2.27. The van der Waals surface area contributed by atoms with Crippen molar-refractivity contribution in [2.24, 2.45) is 5.92 Å². The van der Waals surface area contributed by atoms with Gasteiger partial charge in [-0.2, -0.15) is 0 Å². The van der Waals surface area contributed by atoms with Gasteiger partial charge in [0.15, 0.2) is 0 Å². The van der Waals surface area contributed by atoms with E-state index in [1.165, 1.54) is 38.5 Å². The van der Waals surface area contributed by atoms with E-state index in [1.807, 2.05) is 36.4 Å². The van der Waals surface area contributed by atoms with E-state index in [1.54, 1.807) is 0 Å². The van der Waals surface area contributed by atoms with Crippen LogP contribution in [-0.2, 0) is 13.1 Å². The van der Waals surface area contributed by atoms with Crippen molar-refractivity contribution in [2.75, 3.05) is 0 Å². The van der Waals surface area contributed by atoms with Gasteiger partial charge in [-0.1, -0.05) is 60.2 Å². The summed E-state index contributed by atoms with van der Waals surface area (Å²) < 4.78 is 3.26. The Labute approximate surface area is 174 Å². The van der Waals surface area contributed by atoms with E-state index < -0.39 is 0 Å². The molecule has 2 aromatic carbocycles. The van der Waals surface area contributed by atoms with Gasteiger partial charge in [-0.05, 0) is 48.7 Å². The van der Waals surface area contributed by atoms with Gasteiger partial charge in [0, 0.05) is 16.6 Å².